The van der Waals surface area contributed by atoms with Crippen LogP contribution in [0.3, 0.4) is 0 Å². The van der Waals surface area contributed by atoms with Crippen LogP contribution in [0, 0.1) is 0 Å². The molecule has 0 bridgehead atoms. The minimum atomic E-state index is 0.626. The molecule has 0 aliphatic heterocycles. The second kappa shape index (κ2) is 13.0. The maximum atomic E-state index is 5.16. The summed E-state index contributed by atoms with van der Waals surface area (Å²) in [7, 11) is 0. The molecule has 5 nitrogen and oxygen atoms in total. The molecule has 10 aromatic rings. The van der Waals surface area contributed by atoms with E-state index in [1.54, 1.807) is 11.3 Å². The van der Waals surface area contributed by atoms with E-state index >= 15 is 0 Å². The molecule has 0 aliphatic carbocycles. The van der Waals surface area contributed by atoms with Gasteiger partial charge < -0.3 is 0 Å². The van der Waals surface area contributed by atoms with Gasteiger partial charge in [0.05, 0.1) is 15.9 Å². The number of fused-ring (bicyclic) bond motifs is 5. The van der Waals surface area contributed by atoms with Crippen molar-refractivity contribution in [1.82, 2.24) is 24.9 Å². The van der Waals surface area contributed by atoms with Gasteiger partial charge in [-0.1, -0.05) is 146 Å². The maximum Gasteiger partial charge on any atom is 0.164 e. The van der Waals surface area contributed by atoms with Gasteiger partial charge in [-0.3, -0.25) is 4.98 Å². The Balaban J connectivity index is 1.03. The molecule has 53 heavy (non-hydrogen) atoms. The van der Waals surface area contributed by atoms with Crippen molar-refractivity contribution in [2.24, 2.45) is 0 Å². The fourth-order valence-electron chi connectivity index (χ4n) is 6.97. The van der Waals surface area contributed by atoms with E-state index in [1.807, 2.05) is 54.9 Å². The molecule has 10 rings (SSSR count). The first-order valence-corrected chi connectivity index (χ1v) is 18.3. The predicted molar refractivity (Wildman–Crippen MR) is 218 cm³/mol. The molecule has 4 heterocycles. The Morgan fingerprint density at radius 2 is 0.906 bits per heavy atom. The predicted octanol–water partition coefficient (Wildman–Crippen LogP) is 12.2. The molecule has 0 unspecified atom stereocenters. The number of thiophene rings is 1. The summed E-state index contributed by atoms with van der Waals surface area (Å²) >= 11 is 1.79. The molecule has 0 amide bonds. The van der Waals surface area contributed by atoms with Crippen molar-refractivity contribution in [3.8, 4) is 67.7 Å². The molecule has 0 saturated heterocycles. The Bertz CT molecular complexity index is 2920. The highest BCUT2D eigenvalue weighted by atomic mass is 32.1. The molecule has 6 heteroatoms. The summed E-state index contributed by atoms with van der Waals surface area (Å²) in [6.45, 7) is 0. The summed E-state index contributed by atoms with van der Waals surface area (Å²) in [5.41, 5.74) is 10.3. The highest BCUT2D eigenvalue weighted by Gasteiger charge is 2.17. The lowest BCUT2D eigenvalue weighted by atomic mass is 9.99. The molecular formula is C47H29N5S. The van der Waals surface area contributed by atoms with Crippen molar-refractivity contribution in [2.75, 3.05) is 0 Å². The fourth-order valence-corrected chi connectivity index (χ4v) is 8.20. The van der Waals surface area contributed by atoms with Crippen LogP contribution >= 0.6 is 11.3 Å². The Kier molecular flexibility index (Phi) is 7.59. The average Bonchev–Trinajstić information content (AvgIpc) is 3.64. The minimum Gasteiger partial charge on any atom is -0.264 e. The molecule has 248 valence electrons. The zero-order valence-corrected chi connectivity index (χ0v) is 29.2. The number of nitrogens with zero attached hydrogens (tertiary/aromatic N) is 5. The van der Waals surface area contributed by atoms with E-state index in [2.05, 4.69) is 126 Å². The van der Waals surface area contributed by atoms with Gasteiger partial charge in [-0.15, -0.1) is 11.3 Å². The van der Waals surface area contributed by atoms with Crippen LogP contribution < -0.4 is 0 Å². The van der Waals surface area contributed by atoms with Gasteiger partial charge in [0.2, 0.25) is 0 Å². The lowest BCUT2D eigenvalue weighted by molar-refractivity contribution is 1.07. The van der Waals surface area contributed by atoms with Crippen LogP contribution in [0.15, 0.2) is 176 Å². The average molecular weight is 696 g/mol. The minimum absolute atomic E-state index is 0.626. The van der Waals surface area contributed by atoms with Gasteiger partial charge in [0, 0.05) is 55.5 Å². The van der Waals surface area contributed by atoms with Crippen molar-refractivity contribution in [3.05, 3.63) is 176 Å². The van der Waals surface area contributed by atoms with E-state index in [4.69, 9.17) is 19.9 Å². The zero-order chi connectivity index (χ0) is 35.1. The summed E-state index contributed by atoms with van der Waals surface area (Å²) in [5, 5.41) is 3.54. The first kappa shape index (κ1) is 30.9. The van der Waals surface area contributed by atoms with Gasteiger partial charge in [-0.2, -0.15) is 0 Å². The number of rotatable bonds is 6. The van der Waals surface area contributed by atoms with Gasteiger partial charge in [-0.25, -0.2) is 19.9 Å². The van der Waals surface area contributed by atoms with E-state index in [0.717, 1.165) is 55.5 Å². The number of hydrogen-bond donors (Lipinski definition) is 0. The fraction of sp³-hybridized carbons (Fsp3) is 0. The standard InChI is InChI=1S/C47H29N5S/c1-3-10-30(11-4-1)31-20-24-35(25-21-31)46-50-45(34-12-5-2-6-13-34)51-47(52-46)37-15-9-14-36(28-37)32-18-22-33(23-19-32)43-44-42(38-16-7-8-17-41(38)53-44)39-29-48-27-26-40(39)49-43/h1-29H. The van der Waals surface area contributed by atoms with Gasteiger partial charge in [0.15, 0.2) is 17.5 Å². The Morgan fingerprint density at radius 1 is 0.377 bits per heavy atom. The molecule has 0 spiro atoms. The summed E-state index contributed by atoms with van der Waals surface area (Å²) in [6, 6.07) is 56.6. The number of pyridine rings is 2. The summed E-state index contributed by atoms with van der Waals surface area (Å²) < 4.78 is 2.42. The van der Waals surface area contributed by atoms with Crippen LogP contribution in [0.25, 0.3) is 98.7 Å². The third kappa shape index (κ3) is 5.72. The van der Waals surface area contributed by atoms with E-state index < -0.39 is 0 Å². The number of benzene rings is 6. The first-order chi connectivity index (χ1) is 26.2. The lowest BCUT2D eigenvalue weighted by Crippen LogP contribution is -2.00. The van der Waals surface area contributed by atoms with Gasteiger partial charge in [-0.05, 0) is 40.5 Å². The number of aromatic nitrogens is 5. The molecular weight excluding hydrogens is 667 g/mol. The third-order valence-corrected chi connectivity index (χ3v) is 10.8. The maximum absolute atomic E-state index is 5.16. The largest absolute Gasteiger partial charge is 0.264 e. The second-order valence-electron chi connectivity index (χ2n) is 12.9. The normalized spacial score (nSPS) is 11.4. The molecule has 0 aliphatic rings. The van der Waals surface area contributed by atoms with E-state index in [0.29, 0.717) is 17.5 Å². The Morgan fingerprint density at radius 3 is 1.64 bits per heavy atom. The van der Waals surface area contributed by atoms with Crippen LogP contribution in [0.5, 0.6) is 0 Å². The monoisotopic (exact) mass is 695 g/mol. The van der Waals surface area contributed by atoms with Crippen LogP contribution in [0.2, 0.25) is 0 Å². The van der Waals surface area contributed by atoms with Crippen LogP contribution in [0.1, 0.15) is 0 Å². The van der Waals surface area contributed by atoms with Gasteiger partial charge in [0.25, 0.3) is 0 Å². The highest BCUT2D eigenvalue weighted by molar-refractivity contribution is 7.26. The zero-order valence-electron chi connectivity index (χ0n) is 28.4. The number of hydrogen-bond acceptors (Lipinski definition) is 6. The van der Waals surface area contributed by atoms with E-state index in [1.165, 1.54) is 25.7 Å². The molecule has 0 radical (unpaired) electrons. The Labute approximate surface area is 310 Å². The molecule has 4 aromatic heterocycles. The molecule has 0 atom stereocenters. The van der Waals surface area contributed by atoms with Crippen molar-refractivity contribution < 1.29 is 0 Å². The second-order valence-corrected chi connectivity index (χ2v) is 14.0. The summed E-state index contributed by atoms with van der Waals surface area (Å²) in [4.78, 5) is 24.6. The third-order valence-electron chi connectivity index (χ3n) is 9.64. The van der Waals surface area contributed by atoms with Crippen molar-refractivity contribution in [3.63, 3.8) is 0 Å². The molecule has 0 saturated carbocycles. The first-order valence-electron chi connectivity index (χ1n) is 17.5. The quantitative estimate of drug-likeness (QED) is 0.173. The SMILES string of the molecule is c1ccc(-c2ccc(-c3nc(-c4ccccc4)nc(-c4cccc(-c5ccc(-c6nc7ccncc7c7c6sc6ccccc67)cc5)c4)n3)cc2)cc1. The van der Waals surface area contributed by atoms with Gasteiger partial charge in [0.1, 0.15) is 0 Å². The van der Waals surface area contributed by atoms with Crippen LogP contribution in [-0.4, -0.2) is 24.9 Å². The Hall–Kier alpha value is -6.89. The smallest absolute Gasteiger partial charge is 0.164 e. The van der Waals surface area contributed by atoms with E-state index in [9.17, 15) is 0 Å². The molecule has 0 N–H and O–H groups in total. The van der Waals surface area contributed by atoms with Crippen molar-refractivity contribution in [1.29, 1.82) is 0 Å². The van der Waals surface area contributed by atoms with Gasteiger partial charge >= 0.3 is 0 Å². The topological polar surface area (TPSA) is 64.5 Å². The van der Waals surface area contributed by atoms with E-state index in [-0.39, 0.29) is 0 Å². The van der Waals surface area contributed by atoms with Crippen molar-refractivity contribution >= 4 is 42.4 Å². The highest BCUT2D eigenvalue weighted by Crippen LogP contribution is 2.42. The lowest BCUT2D eigenvalue weighted by Gasteiger charge is -2.11. The van der Waals surface area contributed by atoms with Crippen LogP contribution in [-0.2, 0) is 0 Å². The summed E-state index contributed by atoms with van der Waals surface area (Å²) in [5.74, 6) is 1.90. The summed E-state index contributed by atoms with van der Waals surface area (Å²) in [6.07, 6.45) is 3.75. The molecule has 6 aromatic carbocycles. The van der Waals surface area contributed by atoms with Crippen LogP contribution in [0.4, 0.5) is 0 Å². The molecule has 0 fully saturated rings. The van der Waals surface area contributed by atoms with Crippen molar-refractivity contribution in [2.45, 2.75) is 0 Å².